The summed E-state index contributed by atoms with van der Waals surface area (Å²) in [7, 11) is 4.22. The van der Waals surface area contributed by atoms with Crippen LogP contribution in [0.25, 0.3) is 21.3 Å². The number of aromatic nitrogens is 1. The summed E-state index contributed by atoms with van der Waals surface area (Å²) in [4.78, 5) is 8.86. The molecule has 5 nitrogen and oxygen atoms in total. The SMILES string of the molecule is CN(C)C1CCCN(C(O)C2Cc3cc(Cl)cc(-c4ccnc5ccsc45)c3O2)C1. The summed E-state index contributed by atoms with van der Waals surface area (Å²) in [6.07, 6.45) is 3.81. The number of likely N-dealkylation sites (N-methyl/N-ethyl adjacent to an activating group) is 1. The lowest BCUT2D eigenvalue weighted by Crippen LogP contribution is -2.53. The fourth-order valence-electron chi connectivity index (χ4n) is 4.68. The van der Waals surface area contributed by atoms with Gasteiger partial charge in [-0.3, -0.25) is 9.88 Å². The number of piperidine rings is 1. The van der Waals surface area contributed by atoms with Crippen LogP contribution in [0.5, 0.6) is 5.75 Å². The van der Waals surface area contributed by atoms with Gasteiger partial charge in [0.2, 0.25) is 0 Å². The molecule has 0 amide bonds. The number of pyridine rings is 1. The van der Waals surface area contributed by atoms with Crippen molar-refractivity contribution in [3.05, 3.63) is 46.4 Å². The van der Waals surface area contributed by atoms with E-state index in [1.807, 2.05) is 30.5 Å². The number of rotatable bonds is 4. The third-order valence-electron chi connectivity index (χ3n) is 6.32. The van der Waals surface area contributed by atoms with Crippen molar-refractivity contribution in [2.75, 3.05) is 27.2 Å². The zero-order chi connectivity index (χ0) is 20.8. The van der Waals surface area contributed by atoms with Gasteiger partial charge in [0.05, 0.1) is 10.2 Å². The molecule has 0 saturated carbocycles. The molecule has 0 bridgehead atoms. The Labute approximate surface area is 185 Å². The standard InChI is InChI=1S/C23H26ClN3O2S/c1-26(2)16-4-3-8-27(13-16)23(28)20-11-14-10-15(24)12-18(21(14)29-20)17-5-7-25-19-6-9-30-22(17)19/h5-7,9-10,12,16,20,23,28H,3-4,8,11,13H2,1-2H3. The number of fused-ring (bicyclic) bond motifs is 2. The van der Waals surface area contributed by atoms with E-state index in [0.29, 0.717) is 17.5 Å². The van der Waals surface area contributed by atoms with Gasteiger partial charge in [-0.15, -0.1) is 11.3 Å². The molecule has 0 spiro atoms. The second kappa shape index (κ2) is 8.09. The summed E-state index contributed by atoms with van der Waals surface area (Å²) in [6.45, 7) is 1.76. The highest BCUT2D eigenvalue weighted by Gasteiger charge is 2.37. The van der Waals surface area contributed by atoms with Crippen LogP contribution in [-0.2, 0) is 6.42 Å². The Morgan fingerprint density at radius 3 is 3.00 bits per heavy atom. The van der Waals surface area contributed by atoms with Gasteiger partial charge in [-0.1, -0.05) is 11.6 Å². The summed E-state index contributed by atoms with van der Waals surface area (Å²) >= 11 is 8.16. The molecule has 2 aromatic heterocycles. The number of benzene rings is 1. The van der Waals surface area contributed by atoms with Crippen LogP contribution in [0.15, 0.2) is 35.8 Å². The largest absolute Gasteiger partial charge is 0.485 e. The number of ether oxygens (including phenoxy) is 1. The number of nitrogens with zero attached hydrogens (tertiary/aromatic N) is 3. The zero-order valence-corrected chi connectivity index (χ0v) is 18.8. The molecule has 1 saturated heterocycles. The number of aliphatic hydroxyl groups excluding tert-OH is 1. The number of halogens is 1. The minimum atomic E-state index is -0.633. The van der Waals surface area contributed by atoms with E-state index in [2.05, 4.69) is 34.3 Å². The van der Waals surface area contributed by atoms with E-state index in [9.17, 15) is 5.11 Å². The number of aliphatic hydroxyl groups is 1. The van der Waals surface area contributed by atoms with Gasteiger partial charge in [0.1, 0.15) is 18.1 Å². The van der Waals surface area contributed by atoms with Gasteiger partial charge in [-0.25, -0.2) is 0 Å². The molecule has 158 valence electrons. The maximum Gasteiger partial charge on any atom is 0.145 e. The van der Waals surface area contributed by atoms with Gasteiger partial charge >= 0.3 is 0 Å². The maximum absolute atomic E-state index is 11.2. The van der Waals surface area contributed by atoms with Crippen molar-refractivity contribution in [1.29, 1.82) is 0 Å². The van der Waals surface area contributed by atoms with Crippen LogP contribution in [0.4, 0.5) is 0 Å². The molecule has 1 fully saturated rings. The van der Waals surface area contributed by atoms with Crippen molar-refractivity contribution >= 4 is 33.2 Å². The van der Waals surface area contributed by atoms with Crippen molar-refractivity contribution in [3.8, 4) is 16.9 Å². The molecule has 1 aromatic carbocycles. The molecule has 0 aliphatic carbocycles. The minimum absolute atomic E-state index is 0.293. The third-order valence-corrected chi connectivity index (χ3v) is 7.48. The van der Waals surface area contributed by atoms with Crippen LogP contribution in [0.3, 0.4) is 0 Å². The molecule has 5 rings (SSSR count). The number of hydrogen-bond acceptors (Lipinski definition) is 6. The third kappa shape index (κ3) is 3.61. The zero-order valence-electron chi connectivity index (χ0n) is 17.2. The van der Waals surface area contributed by atoms with E-state index >= 15 is 0 Å². The van der Waals surface area contributed by atoms with Gasteiger partial charge in [-0.05, 0) is 56.6 Å². The summed E-state index contributed by atoms with van der Waals surface area (Å²) in [5.74, 6) is 0.838. The van der Waals surface area contributed by atoms with Crippen molar-refractivity contribution in [2.45, 2.75) is 37.6 Å². The lowest BCUT2D eigenvalue weighted by atomic mass is 10.00. The van der Waals surface area contributed by atoms with E-state index in [4.69, 9.17) is 16.3 Å². The summed E-state index contributed by atoms with van der Waals surface area (Å²) in [6, 6.07) is 8.44. The van der Waals surface area contributed by atoms with Gasteiger partial charge in [0.15, 0.2) is 0 Å². The predicted molar refractivity (Wildman–Crippen MR) is 122 cm³/mol. The summed E-state index contributed by atoms with van der Waals surface area (Å²) in [5, 5.41) is 13.9. The lowest BCUT2D eigenvalue weighted by molar-refractivity contribution is -0.0824. The van der Waals surface area contributed by atoms with E-state index in [-0.39, 0.29) is 6.10 Å². The van der Waals surface area contributed by atoms with Crippen LogP contribution in [-0.4, -0.2) is 65.4 Å². The molecule has 4 heterocycles. The fourth-order valence-corrected chi connectivity index (χ4v) is 5.80. The quantitative estimate of drug-likeness (QED) is 0.652. The molecule has 2 aliphatic heterocycles. The average molecular weight is 444 g/mol. The first-order chi connectivity index (χ1) is 14.5. The van der Waals surface area contributed by atoms with E-state index in [0.717, 1.165) is 52.2 Å². The van der Waals surface area contributed by atoms with E-state index in [1.165, 1.54) is 6.42 Å². The van der Waals surface area contributed by atoms with Crippen LogP contribution >= 0.6 is 22.9 Å². The highest BCUT2D eigenvalue weighted by Crippen LogP contribution is 2.44. The Morgan fingerprint density at radius 1 is 1.30 bits per heavy atom. The predicted octanol–water partition coefficient (Wildman–Crippen LogP) is 4.26. The van der Waals surface area contributed by atoms with E-state index in [1.54, 1.807) is 11.3 Å². The molecular formula is C23H26ClN3O2S. The fraction of sp³-hybridized carbons (Fsp3) is 0.435. The van der Waals surface area contributed by atoms with Gasteiger partial charge in [-0.2, -0.15) is 0 Å². The van der Waals surface area contributed by atoms with Crippen LogP contribution in [0.2, 0.25) is 5.02 Å². The topological polar surface area (TPSA) is 48.8 Å². The number of likely N-dealkylation sites (tertiary alicyclic amines) is 1. The number of thiophene rings is 1. The normalized spacial score (nSPS) is 23.0. The molecule has 3 aromatic rings. The minimum Gasteiger partial charge on any atom is -0.485 e. The van der Waals surface area contributed by atoms with Crippen LogP contribution in [0, 0.1) is 0 Å². The monoisotopic (exact) mass is 443 g/mol. The molecule has 2 aliphatic rings. The van der Waals surface area contributed by atoms with Gasteiger partial charge < -0.3 is 14.7 Å². The smallest absolute Gasteiger partial charge is 0.145 e. The Kier molecular flexibility index (Phi) is 5.45. The molecule has 1 N–H and O–H groups in total. The lowest BCUT2D eigenvalue weighted by Gasteiger charge is -2.39. The number of hydrogen-bond donors (Lipinski definition) is 1. The van der Waals surface area contributed by atoms with Gasteiger partial charge in [0, 0.05) is 53.5 Å². The summed E-state index contributed by atoms with van der Waals surface area (Å²) in [5.41, 5.74) is 4.09. The first kappa shape index (κ1) is 20.2. The highest BCUT2D eigenvalue weighted by atomic mass is 35.5. The summed E-state index contributed by atoms with van der Waals surface area (Å²) < 4.78 is 7.53. The Morgan fingerprint density at radius 2 is 2.17 bits per heavy atom. The Balaban J connectivity index is 1.45. The van der Waals surface area contributed by atoms with Crippen molar-refractivity contribution in [1.82, 2.24) is 14.8 Å². The Hall–Kier alpha value is -1.70. The second-order valence-corrected chi connectivity index (χ2v) is 9.82. The van der Waals surface area contributed by atoms with Crippen molar-refractivity contribution in [2.24, 2.45) is 0 Å². The molecule has 3 unspecified atom stereocenters. The average Bonchev–Trinajstić information content (AvgIpc) is 3.39. The highest BCUT2D eigenvalue weighted by molar-refractivity contribution is 7.17. The van der Waals surface area contributed by atoms with Crippen LogP contribution < -0.4 is 4.74 Å². The Bertz CT molecular complexity index is 1070. The molecular weight excluding hydrogens is 418 g/mol. The van der Waals surface area contributed by atoms with Crippen molar-refractivity contribution < 1.29 is 9.84 Å². The molecule has 3 atom stereocenters. The molecule has 7 heteroatoms. The second-order valence-electron chi connectivity index (χ2n) is 8.46. The van der Waals surface area contributed by atoms with Gasteiger partial charge in [0.25, 0.3) is 0 Å². The first-order valence-electron chi connectivity index (χ1n) is 10.4. The maximum atomic E-state index is 11.2. The van der Waals surface area contributed by atoms with E-state index < -0.39 is 6.23 Å². The first-order valence-corrected chi connectivity index (χ1v) is 11.7. The molecule has 30 heavy (non-hydrogen) atoms. The van der Waals surface area contributed by atoms with Crippen LogP contribution in [0.1, 0.15) is 18.4 Å². The molecule has 0 radical (unpaired) electrons. The van der Waals surface area contributed by atoms with Crippen molar-refractivity contribution in [3.63, 3.8) is 0 Å².